The zero-order valence-electron chi connectivity index (χ0n) is 20.9. The van der Waals surface area contributed by atoms with Gasteiger partial charge in [-0.25, -0.2) is 0 Å². The molecule has 0 fully saturated rings. The molecule has 0 aromatic heterocycles. The van der Waals surface area contributed by atoms with Crippen LogP contribution in [0, 0.1) is 0 Å². The number of unbranched alkanes of at least 4 members (excludes halogenated alkanes) is 17. The molecule has 0 aliphatic heterocycles. The van der Waals surface area contributed by atoms with Gasteiger partial charge >= 0.3 is 103 Å². The molecule has 0 radical (unpaired) electrons. The van der Waals surface area contributed by atoms with Crippen LogP contribution in [0.5, 0.6) is 0 Å². The van der Waals surface area contributed by atoms with Gasteiger partial charge in [-0.1, -0.05) is 116 Å². The van der Waals surface area contributed by atoms with Crippen LogP contribution in [0.15, 0.2) is 0 Å². The van der Waals surface area contributed by atoms with Gasteiger partial charge in [-0.3, -0.25) is 0 Å². The summed E-state index contributed by atoms with van der Waals surface area (Å²) in [6.45, 7) is 2.77. The topological polar surface area (TPSA) is 92.3 Å². The fourth-order valence-corrected chi connectivity index (χ4v) is 3.71. The van der Waals surface area contributed by atoms with Crippen LogP contribution < -0.4 is 118 Å². The van der Waals surface area contributed by atoms with Crippen molar-refractivity contribution in [1.82, 2.24) is 5.32 Å². The van der Waals surface area contributed by atoms with Gasteiger partial charge in [0, 0.05) is 12.4 Å². The van der Waals surface area contributed by atoms with Crippen molar-refractivity contribution in [3.63, 3.8) is 0 Å². The first kappa shape index (κ1) is 37.7. The van der Waals surface area contributed by atoms with E-state index in [0.29, 0.717) is 6.54 Å². The average Bonchev–Trinajstić information content (AvgIpc) is 2.68. The molecular formula is C24H45K2NO4. The second-order valence-corrected chi connectivity index (χ2v) is 8.41. The fraction of sp³-hybridized carbons (Fsp3) is 0.917. The van der Waals surface area contributed by atoms with E-state index in [2.05, 4.69) is 12.2 Å². The van der Waals surface area contributed by atoms with Crippen molar-refractivity contribution < 1.29 is 123 Å². The minimum Gasteiger partial charge on any atom is -0.550 e. The van der Waals surface area contributed by atoms with Crippen LogP contribution in [0.1, 0.15) is 129 Å². The van der Waals surface area contributed by atoms with Crippen molar-refractivity contribution in [3.05, 3.63) is 0 Å². The maximum absolute atomic E-state index is 10.8. The normalized spacial score (nSPS) is 11.4. The Kier molecular flexibility index (Phi) is 36.7. The number of hydrogen-bond acceptors (Lipinski definition) is 5. The first-order valence-corrected chi connectivity index (χ1v) is 12.2. The van der Waals surface area contributed by atoms with Crippen LogP contribution in [-0.4, -0.2) is 24.5 Å². The largest absolute Gasteiger partial charge is 1.00 e. The van der Waals surface area contributed by atoms with Crippen LogP contribution in [0.25, 0.3) is 0 Å². The molecular weight excluding hydrogens is 444 g/mol. The number of carbonyl (C=O) groups is 2. The van der Waals surface area contributed by atoms with Crippen molar-refractivity contribution in [2.24, 2.45) is 0 Å². The minimum atomic E-state index is -1.38. The summed E-state index contributed by atoms with van der Waals surface area (Å²) in [5.41, 5.74) is 0. The molecule has 31 heavy (non-hydrogen) atoms. The molecule has 0 spiro atoms. The summed E-state index contributed by atoms with van der Waals surface area (Å²) in [7, 11) is 0. The van der Waals surface area contributed by atoms with Gasteiger partial charge in [-0.2, -0.15) is 0 Å². The molecule has 0 rings (SSSR count). The summed E-state index contributed by atoms with van der Waals surface area (Å²) in [5.74, 6) is -2.75. The maximum Gasteiger partial charge on any atom is 1.00 e. The summed E-state index contributed by atoms with van der Waals surface area (Å²) in [6, 6.07) is -1.15. The molecule has 172 valence electrons. The molecule has 7 heteroatoms. The number of nitrogens with one attached hydrogen (secondary N) is 1. The SMILES string of the molecule is CCCCCCCCCCCCCCCCCCCCN[C@@H](CC(=O)[O-])C(=O)[O-].[K+].[K+]. The van der Waals surface area contributed by atoms with Crippen molar-refractivity contribution in [3.8, 4) is 0 Å². The van der Waals surface area contributed by atoms with E-state index in [1.54, 1.807) is 0 Å². The van der Waals surface area contributed by atoms with Gasteiger partial charge in [0.25, 0.3) is 0 Å². The second-order valence-electron chi connectivity index (χ2n) is 8.41. The monoisotopic (exact) mass is 489 g/mol. The molecule has 0 heterocycles. The molecule has 1 N–H and O–H groups in total. The van der Waals surface area contributed by atoms with Gasteiger partial charge in [0.15, 0.2) is 0 Å². The van der Waals surface area contributed by atoms with E-state index in [9.17, 15) is 19.8 Å². The molecule has 0 bridgehead atoms. The van der Waals surface area contributed by atoms with Gasteiger partial charge in [0.2, 0.25) is 0 Å². The molecule has 0 aromatic carbocycles. The number of carboxylic acid groups (broad SMARTS) is 2. The molecule has 0 aromatic rings. The average molecular weight is 490 g/mol. The fourth-order valence-electron chi connectivity index (χ4n) is 3.71. The smallest absolute Gasteiger partial charge is 0.550 e. The number of carboxylic acids is 2. The summed E-state index contributed by atoms with van der Waals surface area (Å²) in [6.07, 6.45) is 23.0. The van der Waals surface area contributed by atoms with Gasteiger partial charge in [-0.05, 0) is 13.0 Å². The number of aliphatic carboxylic acids is 2. The van der Waals surface area contributed by atoms with E-state index in [0.717, 1.165) is 19.3 Å². The molecule has 0 unspecified atom stereocenters. The van der Waals surface area contributed by atoms with E-state index < -0.39 is 24.4 Å². The van der Waals surface area contributed by atoms with Crippen molar-refractivity contribution >= 4 is 11.9 Å². The second kappa shape index (κ2) is 30.2. The van der Waals surface area contributed by atoms with Crippen LogP contribution in [-0.2, 0) is 9.59 Å². The van der Waals surface area contributed by atoms with E-state index in [-0.39, 0.29) is 103 Å². The zero-order chi connectivity index (χ0) is 21.6. The molecule has 0 amide bonds. The zero-order valence-corrected chi connectivity index (χ0v) is 27.1. The standard InChI is InChI=1S/C24H47NO4.2K/c1-2-3-4-5-6-7-8-9-10-11-12-13-14-15-16-17-18-19-20-25-22(24(28)29)21-23(26)27;;/h22,25H,2-21H2,1H3,(H,26,27)(H,28,29);;/q;2*+1/p-2/t22-;;/m0../s1. The maximum atomic E-state index is 10.8. The van der Waals surface area contributed by atoms with E-state index in [4.69, 9.17) is 0 Å². The predicted octanol–water partition coefficient (Wildman–Crippen LogP) is -2.12. The van der Waals surface area contributed by atoms with Crippen molar-refractivity contribution in [2.45, 2.75) is 135 Å². The Bertz CT molecular complexity index is 398. The van der Waals surface area contributed by atoms with Crippen molar-refractivity contribution in [2.75, 3.05) is 6.54 Å². The van der Waals surface area contributed by atoms with E-state index in [1.807, 2.05) is 0 Å². The summed E-state index contributed by atoms with van der Waals surface area (Å²) in [5, 5.41) is 24.0. The molecule has 0 saturated heterocycles. The Morgan fingerprint density at radius 1 is 0.613 bits per heavy atom. The minimum absolute atomic E-state index is 0. The third kappa shape index (κ3) is 30.1. The first-order valence-electron chi connectivity index (χ1n) is 12.2. The number of hydrogen-bond donors (Lipinski definition) is 1. The Balaban J connectivity index is -0.00000392. The summed E-state index contributed by atoms with van der Waals surface area (Å²) < 4.78 is 0. The van der Waals surface area contributed by atoms with Gasteiger partial charge in [-0.15, -0.1) is 0 Å². The molecule has 1 atom stereocenters. The Hall–Kier alpha value is 2.17. The summed E-state index contributed by atoms with van der Waals surface area (Å²) >= 11 is 0. The molecule has 0 saturated carbocycles. The molecule has 0 aliphatic carbocycles. The molecule has 0 aliphatic rings. The van der Waals surface area contributed by atoms with Crippen molar-refractivity contribution in [1.29, 1.82) is 0 Å². The third-order valence-electron chi connectivity index (χ3n) is 5.58. The Labute approximate surface area is 276 Å². The third-order valence-corrected chi connectivity index (χ3v) is 5.58. The Morgan fingerprint density at radius 3 is 1.23 bits per heavy atom. The number of rotatable bonds is 23. The number of carbonyl (C=O) groups excluding carboxylic acids is 2. The Morgan fingerprint density at radius 2 is 0.935 bits per heavy atom. The van der Waals surface area contributed by atoms with Gasteiger partial charge in [0.05, 0.1) is 12.0 Å². The predicted molar refractivity (Wildman–Crippen MR) is 115 cm³/mol. The quantitative estimate of drug-likeness (QED) is 0.131. The van der Waals surface area contributed by atoms with Crippen LogP contribution in [0.3, 0.4) is 0 Å². The van der Waals surface area contributed by atoms with E-state index >= 15 is 0 Å². The van der Waals surface area contributed by atoms with Crippen LogP contribution >= 0.6 is 0 Å². The first-order chi connectivity index (χ1) is 14.1. The summed E-state index contributed by atoms with van der Waals surface area (Å²) in [4.78, 5) is 21.3. The van der Waals surface area contributed by atoms with Crippen LogP contribution in [0.2, 0.25) is 0 Å². The van der Waals surface area contributed by atoms with Gasteiger partial charge < -0.3 is 25.1 Å². The van der Waals surface area contributed by atoms with Gasteiger partial charge in [0.1, 0.15) is 0 Å². The molecule has 5 nitrogen and oxygen atoms in total. The van der Waals surface area contributed by atoms with Crippen LogP contribution in [0.4, 0.5) is 0 Å². The van der Waals surface area contributed by atoms with E-state index in [1.165, 1.54) is 96.3 Å².